The first-order valence-corrected chi connectivity index (χ1v) is 8.98. The van der Waals surface area contributed by atoms with Crippen LogP contribution in [0.4, 0.5) is 0 Å². The topological polar surface area (TPSA) is 18.5 Å². The van der Waals surface area contributed by atoms with Crippen LogP contribution in [0.5, 0.6) is 0 Å². The summed E-state index contributed by atoms with van der Waals surface area (Å²) in [4.78, 5) is 0. The van der Waals surface area contributed by atoms with Gasteiger partial charge in [-0.15, -0.1) is 0 Å². The van der Waals surface area contributed by atoms with Gasteiger partial charge in [-0.25, -0.2) is 0 Å². The van der Waals surface area contributed by atoms with Crippen molar-refractivity contribution >= 4 is 0 Å². The Morgan fingerprint density at radius 1 is 0.650 bits per heavy atom. The van der Waals surface area contributed by atoms with E-state index >= 15 is 0 Å². The zero-order valence-electron chi connectivity index (χ0n) is 14.6. The third-order valence-corrected chi connectivity index (χ3v) is 3.69. The first-order chi connectivity index (χ1) is 9.67. The van der Waals surface area contributed by atoms with Gasteiger partial charge >= 0.3 is 0 Å². The quantitative estimate of drug-likeness (QED) is 0.284. The molecule has 0 saturated heterocycles. The third kappa shape index (κ3) is 10.7. The molecule has 0 aromatic rings. The molecular formula is C18H38O2. The van der Waals surface area contributed by atoms with Gasteiger partial charge in [0.05, 0.1) is 12.2 Å². The number of hydrogen-bond acceptors (Lipinski definition) is 2. The SMILES string of the molecule is CCCCCC(C)OC(CCC)OC(CCC)CCC. The lowest BCUT2D eigenvalue weighted by molar-refractivity contribution is -0.197. The second kappa shape index (κ2) is 13.9. The molecule has 0 heterocycles. The van der Waals surface area contributed by atoms with E-state index in [1.807, 2.05) is 0 Å². The van der Waals surface area contributed by atoms with Crippen molar-refractivity contribution < 1.29 is 9.47 Å². The molecule has 2 unspecified atom stereocenters. The average molecular weight is 286 g/mol. The molecule has 0 spiro atoms. The van der Waals surface area contributed by atoms with E-state index in [-0.39, 0.29) is 6.29 Å². The Morgan fingerprint density at radius 2 is 1.25 bits per heavy atom. The molecule has 0 aliphatic rings. The molecule has 0 N–H and O–H groups in total. The maximum atomic E-state index is 6.23. The molecule has 0 aliphatic heterocycles. The van der Waals surface area contributed by atoms with Crippen molar-refractivity contribution in [3.05, 3.63) is 0 Å². The average Bonchev–Trinajstić information content (AvgIpc) is 2.40. The third-order valence-electron chi connectivity index (χ3n) is 3.69. The van der Waals surface area contributed by atoms with Gasteiger partial charge in [0.2, 0.25) is 0 Å². The van der Waals surface area contributed by atoms with E-state index < -0.39 is 0 Å². The van der Waals surface area contributed by atoms with E-state index in [0.29, 0.717) is 12.2 Å². The lowest BCUT2D eigenvalue weighted by atomic mass is 10.1. The van der Waals surface area contributed by atoms with Crippen molar-refractivity contribution in [3.63, 3.8) is 0 Å². The standard InChI is InChI=1S/C18H38O2/c1-6-10-11-15-16(5)19-18(14-9-4)20-17(12-7-2)13-8-3/h16-18H,6-15H2,1-5H3. The Hall–Kier alpha value is -0.0800. The van der Waals surface area contributed by atoms with E-state index in [1.165, 1.54) is 32.1 Å². The van der Waals surface area contributed by atoms with Crippen LogP contribution < -0.4 is 0 Å². The van der Waals surface area contributed by atoms with Crippen LogP contribution in [0.15, 0.2) is 0 Å². The molecular weight excluding hydrogens is 248 g/mol. The second-order valence-corrected chi connectivity index (χ2v) is 6.00. The van der Waals surface area contributed by atoms with Gasteiger partial charge < -0.3 is 9.47 Å². The molecule has 0 saturated carbocycles. The van der Waals surface area contributed by atoms with Crippen LogP contribution in [0.3, 0.4) is 0 Å². The van der Waals surface area contributed by atoms with Gasteiger partial charge in [0.1, 0.15) is 0 Å². The maximum absolute atomic E-state index is 6.23. The Morgan fingerprint density at radius 3 is 1.75 bits per heavy atom. The Balaban J connectivity index is 4.16. The fourth-order valence-corrected chi connectivity index (χ4v) is 2.55. The van der Waals surface area contributed by atoms with Gasteiger partial charge in [0.25, 0.3) is 0 Å². The van der Waals surface area contributed by atoms with Gasteiger partial charge in [-0.2, -0.15) is 0 Å². The van der Waals surface area contributed by atoms with E-state index in [9.17, 15) is 0 Å². The van der Waals surface area contributed by atoms with Crippen LogP contribution in [0, 0.1) is 0 Å². The molecule has 0 aliphatic carbocycles. The fraction of sp³-hybridized carbons (Fsp3) is 1.00. The summed E-state index contributed by atoms with van der Waals surface area (Å²) in [5.41, 5.74) is 0. The molecule has 0 bridgehead atoms. The van der Waals surface area contributed by atoms with Gasteiger partial charge in [-0.05, 0) is 32.6 Å². The highest BCUT2D eigenvalue weighted by molar-refractivity contribution is 4.60. The van der Waals surface area contributed by atoms with Gasteiger partial charge in [0, 0.05) is 0 Å². The minimum atomic E-state index is -0.000253. The second-order valence-electron chi connectivity index (χ2n) is 6.00. The lowest BCUT2D eigenvalue weighted by Gasteiger charge is -2.27. The van der Waals surface area contributed by atoms with Crippen molar-refractivity contribution in [1.82, 2.24) is 0 Å². The molecule has 0 fully saturated rings. The molecule has 122 valence electrons. The zero-order chi connectivity index (χ0) is 15.2. The Labute approximate surface area is 127 Å². The van der Waals surface area contributed by atoms with Crippen LogP contribution in [0.2, 0.25) is 0 Å². The largest absolute Gasteiger partial charge is 0.350 e. The summed E-state index contributed by atoms with van der Waals surface area (Å²) >= 11 is 0. The minimum absolute atomic E-state index is 0.000253. The molecule has 2 atom stereocenters. The van der Waals surface area contributed by atoms with Gasteiger partial charge in [0.15, 0.2) is 6.29 Å². The van der Waals surface area contributed by atoms with Gasteiger partial charge in [-0.1, -0.05) is 66.2 Å². The van der Waals surface area contributed by atoms with E-state index in [1.54, 1.807) is 0 Å². The number of hydrogen-bond donors (Lipinski definition) is 0. The van der Waals surface area contributed by atoms with Crippen LogP contribution in [0.25, 0.3) is 0 Å². The molecule has 20 heavy (non-hydrogen) atoms. The summed E-state index contributed by atoms with van der Waals surface area (Å²) in [5.74, 6) is 0. The Kier molecular flexibility index (Phi) is 13.8. The summed E-state index contributed by atoms with van der Waals surface area (Å²) in [6, 6.07) is 0. The van der Waals surface area contributed by atoms with Crippen molar-refractivity contribution in [2.75, 3.05) is 0 Å². The monoisotopic (exact) mass is 286 g/mol. The van der Waals surface area contributed by atoms with Crippen LogP contribution in [-0.4, -0.2) is 18.5 Å². The van der Waals surface area contributed by atoms with Crippen molar-refractivity contribution in [3.8, 4) is 0 Å². The maximum Gasteiger partial charge on any atom is 0.158 e. The van der Waals surface area contributed by atoms with Crippen LogP contribution >= 0.6 is 0 Å². The molecule has 2 nitrogen and oxygen atoms in total. The van der Waals surface area contributed by atoms with Crippen molar-refractivity contribution in [2.24, 2.45) is 0 Å². The first kappa shape index (κ1) is 19.9. The number of unbranched alkanes of at least 4 members (excludes halogenated alkanes) is 2. The molecule has 0 radical (unpaired) electrons. The van der Waals surface area contributed by atoms with E-state index in [0.717, 1.165) is 32.1 Å². The summed E-state index contributed by atoms with van der Waals surface area (Å²) < 4.78 is 12.4. The predicted molar refractivity (Wildman–Crippen MR) is 88.1 cm³/mol. The normalized spacial score (nSPS) is 14.7. The highest BCUT2D eigenvalue weighted by Crippen LogP contribution is 2.18. The highest BCUT2D eigenvalue weighted by Gasteiger charge is 2.18. The minimum Gasteiger partial charge on any atom is -0.350 e. The number of rotatable bonds is 14. The van der Waals surface area contributed by atoms with Crippen molar-refractivity contribution in [2.45, 2.75) is 117 Å². The number of ether oxygens (including phenoxy) is 2. The van der Waals surface area contributed by atoms with E-state index in [4.69, 9.17) is 9.47 Å². The van der Waals surface area contributed by atoms with Gasteiger partial charge in [-0.3, -0.25) is 0 Å². The molecule has 0 aromatic carbocycles. The molecule has 2 heteroatoms. The van der Waals surface area contributed by atoms with Crippen LogP contribution in [0.1, 0.15) is 98.8 Å². The Bertz CT molecular complexity index is 188. The fourth-order valence-electron chi connectivity index (χ4n) is 2.55. The van der Waals surface area contributed by atoms with Crippen molar-refractivity contribution in [1.29, 1.82) is 0 Å². The highest BCUT2D eigenvalue weighted by atomic mass is 16.7. The van der Waals surface area contributed by atoms with E-state index in [2.05, 4.69) is 34.6 Å². The summed E-state index contributed by atoms with van der Waals surface area (Å²) in [7, 11) is 0. The smallest absolute Gasteiger partial charge is 0.158 e. The first-order valence-electron chi connectivity index (χ1n) is 8.98. The summed E-state index contributed by atoms with van der Waals surface area (Å²) in [6.45, 7) is 11.1. The molecule has 0 rings (SSSR count). The molecule has 0 aromatic heterocycles. The predicted octanol–water partition coefficient (Wildman–Crippen LogP) is 6.08. The molecule has 0 amide bonds. The summed E-state index contributed by atoms with van der Waals surface area (Å²) in [5, 5.41) is 0. The lowest BCUT2D eigenvalue weighted by Crippen LogP contribution is -2.28. The van der Waals surface area contributed by atoms with Crippen LogP contribution in [-0.2, 0) is 9.47 Å². The summed E-state index contributed by atoms with van der Waals surface area (Å²) in [6.07, 6.45) is 12.5. The zero-order valence-corrected chi connectivity index (χ0v) is 14.6.